The van der Waals surface area contributed by atoms with Gasteiger partial charge in [-0.05, 0) is 43.4 Å². The first-order valence-electron chi connectivity index (χ1n) is 7.65. The summed E-state index contributed by atoms with van der Waals surface area (Å²) < 4.78 is 27.1. The summed E-state index contributed by atoms with van der Waals surface area (Å²) >= 11 is 0. The molecule has 1 rings (SSSR count). The van der Waals surface area contributed by atoms with E-state index in [0.717, 1.165) is 31.4 Å². The molecule has 1 aromatic rings. The molecule has 0 aliphatic heterocycles. The van der Waals surface area contributed by atoms with E-state index in [1.54, 1.807) is 0 Å². The second kappa shape index (κ2) is 10.1. The fourth-order valence-electron chi connectivity index (χ4n) is 2.05. The van der Waals surface area contributed by atoms with Gasteiger partial charge in [-0.25, -0.2) is 8.42 Å². The molecule has 5 heteroatoms. The molecule has 0 amide bonds. The van der Waals surface area contributed by atoms with E-state index in [4.69, 9.17) is 15.4 Å². The highest BCUT2D eigenvalue weighted by molar-refractivity contribution is 8.13. The number of hydrogen-bond acceptors (Lipinski definition) is 3. The molecule has 0 bridgehead atoms. The van der Waals surface area contributed by atoms with Crippen molar-refractivity contribution >= 4 is 19.7 Å². The Hall–Kier alpha value is -0.740. The van der Waals surface area contributed by atoms with E-state index in [1.807, 2.05) is 12.1 Å². The minimum atomic E-state index is -3.33. The zero-order valence-electron chi connectivity index (χ0n) is 12.7. The summed E-state index contributed by atoms with van der Waals surface area (Å²) in [6.07, 6.45) is 6.94. The van der Waals surface area contributed by atoms with E-state index in [-0.39, 0.29) is 5.75 Å². The summed E-state index contributed by atoms with van der Waals surface area (Å²) in [6, 6.07) is 8.28. The van der Waals surface area contributed by atoms with Crippen LogP contribution in [0, 0.1) is 0 Å². The van der Waals surface area contributed by atoms with E-state index in [0.29, 0.717) is 13.0 Å². The number of aryl methyl sites for hydroxylation is 1. The van der Waals surface area contributed by atoms with Crippen LogP contribution in [0.25, 0.3) is 0 Å². The Balaban J connectivity index is 2.10. The van der Waals surface area contributed by atoms with Crippen LogP contribution in [-0.2, 0) is 15.5 Å². The summed E-state index contributed by atoms with van der Waals surface area (Å²) in [4.78, 5) is 0. The number of rotatable bonds is 11. The summed E-state index contributed by atoms with van der Waals surface area (Å²) in [5.74, 6) is 0.966. The van der Waals surface area contributed by atoms with Crippen LogP contribution in [0.4, 0.5) is 0 Å². The summed E-state index contributed by atoms with van der Waals surface area (Å²) in [5, 5.41) is 0. The number of ether oxygens (including phenoxy) is 1. The Labute approximate surface area is 133 Å². The van der Waals surface area contributed by atoms with Crippen molar-refractivity contribution in [1.29, 1.82) is 0 Å². The molecule has 0 radical (unpaired) electrons. The summed E-state index contributed by atoms with van der Waals surface area (Å²) in [7, 11) is 1.82. The van der Waals surface area contributed by atoms with Crippen LogP contribution in [0.3, 0.4) is 0 Å². The maximum Gasteiger partial charge on any atom is 0.232 e. The molecule has 0 spiro atoms. The molecule has 0 aliphatic rings. The quantitative estimate of drug-likeness (QED) is 0.441. The van der Waals surface area contributed by atoms with E-state index in [9.17, 15) is 8.42 Å². The fraction of sp³-hybridized carbons (Fsp3) is 0.625. The monoisotopic (exact) mass is 332 g/mol. The van der Waals surface area contributed by atoms with Crippen LogP contribution in [0.5, 0.6) is 5.75 Å². The first kappa shape index (κ1) is 18.3. The molecule has 21 heavy (non-hydrogen) atoms. The van der Waals surface area contributed by atoms with Crippen molar-refractivity contribution in [3.05, 3.63) is 29.8 Å². The van der Waals surface area contributed by atoms with E-state index < -0.39 is 9.05 Å². The van der Waals surface area contributed by atoms with Crippen LogP contribution in [-0.4, -0.2) is 20.8 Å². The third-order valence-corrected chi connectivity index (χ3v) is 4.53. The molecule has 120 valence electrons. The van der Waals surface area contributed by atoms with Crippen molar-refractivity contribution in [2.45, 2.75) is 51.9 Å². The Bertz CT molecular complexity index is 483. The Kier molecular flexibility index (Phi) is 8.77. The number of unbranched alkanes of at least 4 members (excludes halogenated alkanes) is 4. The Morgan fingerprint density at radius 1 is 1.00 bits per heavy atom. The van der Waals surface area contributed by atoms with Crippen LogP contribution in [0.2, 0.25) is 0 Å². The maximum atomic E-state index is 10.7. The zero-order valence-corrected chi connectivity index (χ0v) is 14.3. The molecule has 0 aromatic heterocycles. The van der Waals surface area contributed by atoms with Crippen molar-refractivity contribution in [3.63, 3.8) is 0 Å². The van der Waals surface area contributed by atoms with Crippen molar-refractivity contribution in [3.8, 4) is 5.75 Å². The minimum absolute atomic E-state index is 0.0641. The molecule has 0 fully saturated rings. The Morgan fingerprint density at radius 2 is 1.67 bits per heavy atom. The summed E-state index contributed by atoms with van der Waals surface area (Å²) in [5.41, 5.74) is 1.35. The highest BCUT2D eigenvalue weighted by Crippen LogP contribution is 2.14. The van der Waals surface area contributed by atoms with Gasteiger partial charge in [-0.1, -0.05) is 38.3 Å². The molecule has 1 aromatic carbocycles. The van der Waals surface area contributed by atoms with Gasteiger partial charge < -0.3 is 4.74 Å². The molecule has 0 aliphatic carbocycles. The predicted molar refractivity (Wildman–Crippen MR) is 88.7 cm³/mol. The number of hydrogen-bond donors (Lipinski definition) is 0. The molecule has 0 unspecified atom stereocenters. The average molecular weight is 333 g/mol. The SMILES string of the molecule is CCCCc1ccc(OCCCCCCS(=O)(=O)Cl)cc1. The van der Waals surface area contributed by atoms with E-state index in [1.165, 1.54) is 18.4 Å². The van der Waals surface area contributed by atoms with E-state index >= 15 is 0 Å². The van der Waals surface area contributed by atoms with Crippen molar-refractivity contribution in [2.75, 3.05) is 12.4 Å². The van der Waals surface area contributed by atoms with Gasteiger partial charge in [-0.3, -0.25) is 0 Å². The topological polar surface area (TPSA) is 43.4 Å². The third-order valence-electron chi connectivity index (χ3n) is 3.29. The van der Waals surface area contributed by atoms with Crippen LogP contribution >= 0.6 is 10.7 Å². The van der Waals surface area contributed by atoms with Crippen LogP contribution < -0.4 is 4.74 Å². The highest BCUT2D eigenvalue weighted by atomic mass is 35.7. The molecule has 0 atom stereocenters. The standard InChI is InChI=1S/C16H25ClO3S/c1-2-3-8-15-9-11-16(12-10-15)20-13-6-4-5-7-14-21(17,18)19/h9-12H,2-8,13-14H2,1H3. The summed E-state index contributed by atoms with van der Waals surface area (Å²) in [6.45, 7) is 2.86. The first-order valence-corrected chi connectivity index (χ1v) is 10.1. The van der Waals surface area contributed by atoms with Gasteiger partial charge in [-0.2, -0.15) is 0 Å². The second-order valence-corrected chi connectivity index (χ2v) is 8.15. The maximum absolute atomic E-state index is 10.7. The van der Waals surface area contributed by atoms with Crippen LogP contribution in [0.15, 0.2) is 24.3 Å². The lowest BCUT2D eigenvalue weighted by Gasteiger charge is -2.07. The van der Waals surface area contributed by atoms with Gasteiger partial charge >= 0.3 is 0 Å². The third kappa shape index (κ3) is 9.75. The molecule has 0 saturated carbocycles. The second-order valence-electron chi connectivity index (χ2n) is 5.25. The number of halogens is 1. The largest absolute Gasteiger partial charge is 0.494 e. The van der Waals surface area contributed by atoms with Crippen molar-refractivity contribution in [1.82, 2.24) is 0 Å². The van der Waals surface area contributed by atoms with Gasteiger partial charge in [0.1, 0.15) is 5.75 Å². The Morgan fingerprint density at radius 3 is 2.29 bits per heavy atom. The minimum Gasteiger partial charge on any atom is -0.494 e. The predicted octanol–water partition coefficient (Wildman–Crippen LogP) is 4.54. The first-order chi connectivity index (χ1) is 10.0. The average Bonchev–Trinajstić information content (AvgIpc) is 2.44. The molecular formula is C16H25ClO3S. The lowest BCUT2D eigenvalue weighted by atomic mass is 10.1. The van der Waals surface area contributed by atoms with Gasteiger partial charge in [0.05, 0.1) is 12.4 Å². The smallest absolute Gasteiger partial charge is 0.232 e. The van der Waals surface area contributed by atoms with Gasteiger partial charge in [0.2, 0.25) is 9.05 Å². The lowest BCUT2D eigenvalue weighted by molar-refractivity contribution is 0.305. The van der Waals surface area contributed by atoms with Gasteiger partial charge in [-0.15, -0.1) is 0 Å². The van der Waals surface area contributed by atoms with Gasteiger partial charge in [0, 0.05) is 10.7 Å². The number of benzene rings is 1. The molecule has 0 N–H and O–H groups in total. The molecular weight excluding hydrogens is 308 g/mol. The van der Waals surface area contributed by atoms with E-state index in [2.05, 4.69) is 19.1 Å². The molecule has 0 heterocycles. The van der Waals surface area contributed by atoms with Crippen molar-refractivity contribution < 1.29 is 13.2 Å². The normalized spacial score (nSPS) is 11.5. The fourth-order valence-corrected chi connectivity index (χ4v) is 2.93. The molecule has 3 nitrogen and oxygen atoms in total. The molecule has 0 saturated heterocycles. The zero-order chi connectivity index (χ0) is 15.6. The van der Waals surface area contributed by atoms with Crippen molar-refractivity contribution in [2.24, 2.45) is 0 Å². The van der Waals surface area contributed by atoms with Crippen LogP contribution in [0.1, 0.15) is 51.0 Å². The van der Waals surface area contributed by atoms with Gasteiger partial charge in [0.15, 0.2) is 0 Å². The van der Waals surface area contributed by atoms with Gasteiger partial charge in [0.25, 0.3) is 0 Å². The highest BCUT2D eigenvalue weighted by Gasteiger charge is 2.03. The lowest BCUT2D eigenvalue weighted by Crippen LogP contribution is -1.99.